The summed E-state index contributed by atoms with van der Waals surface area (Å²) in [4.78, 5) is 23.3. The monoisotopic (exact) mass is 250 g/mol. The highest BCUT2D eigenvalue weighted by Gasteiger charge is 2.54. The van der Waals surface area contributed by atoms with E-state index in [4.69, 9.17) is 4.74 Å². The molecular weight excluding hydrogens is 228 g/mol. The smallest absolute Gasteiger partial charge is 0.330 e. The number of ketones is 1. The van der Waals surface area contributed by atoms with Crippen LogP contribution in [-0.4, -0.2) is 18.4 Å². The van der Waals surface area contributed by atoms with Gasteiger partial charge in [0.05, 0.1) is 6.61 Å². The highest BCUT2D eigenvalue weighted by Crippen LogP contribution is 2.55. The summed E-state index contributed by atoms with van der Waals surface area (Å²) in [5.74, 6) is 1.07. The molecule has 0 amide bonds. The van der Waals surface area contributed by atoms with E-state index in [-0.39, 0.29) is 11.4 Å². The van der Waals surface area contributed by atoms with E-state index in [1.165, 1.54) is 12.5 Å². The second-order valence-electron chi connectivity index (χ2n) is 5.68. The molecule has 2 saturated carbocycles. The van der Waals surface area contributed by atoms with E-state index in [1.54, 1.807) is 6.92 Å². The molecule has 3 atom stereocenters. The molecule has 18 heavy (non-hydrogen) atoms. The van der Waals surface area contributed by atoms with E-state index in [2.05, 4.69) is 6.92 Å². The molecule has 2 aliphatic carbocycles. The van der Waals surface area contributed by atoms with Crippen LogP contribution < -0.4 is 0 Å². The standard InChI is InChI=1S/C15H22O3/c1-3-18-13(16)6-4-5-9-15(2)12-8-7-11(10-12)14(15)17/h4,6,11-12H,3,5,7-10H2,1-2H3/b6-4+/t11-,12+,15-/m1/s1. The molecule has 2 bridgehead atoms. The first-order valence-electron chi connectivity index (χ1n) is 6.95. The van der Waals surface area contributed by atoms with Gasteiger partial charge < -0.3 is 4.74 Å². The van der Waals surface area contributed by atoms with Crippen LogP contribution in [0.25, 0.3) is 0 Å². The summed E-state index contributed by atoms with van der Waals surface area (Å²) < 4.78 is 4.82. The first-order valence-corrected chi connectivity index (χ1v) is 6.95. The Balaban J connectivity index is 1.83. The SMILES string of the molecule is CCOC(=O)/C=C/CC[C@@]1(C)C(=O)[C@@H]2CC[C@H]1C2. The molecule has 2 rings (SSSR count). The Morgan fingerprint density at radius 2 is 2.28 bits per heavy atom. The number of allylic oxidation sites excluding steroid dienone is 1. The van der Waals surface area contributed by atoms with Gasteiger partial charge in [-0.15, -0.1) is 0 Å². The van der Waals surface area contributed by atoms with Crippen LogP contribution in [-0.2, 0) is 14.3 Å². The molecule has 0 heterocycles. The van der Waals surface area contributed by atoms with Gasteiger partial charge in [0.15, 0.2) is 0 Å². The van der Waals surface area contributed by atoms with Crippen LogP contribution in [0.5, 0.6) is 0 Å². The minimum atomic E-state index is -0.290. The lowest BCUT2D eigenvalue weighted by Crippen LogP contribution is -2.33. The van der Waals surface area contributed by atoms with Crippen molar-refractivity contribution in [3.05, 3.63) is 12.2 Å². The minimum absolute atomic E-state index is 0.137. The third-order valence-corrected chi connectivity index (χ3v) is 4.64. The Hall–Kier alpha value is -1.12. The molecule has 2 aliphatic rings. The zero-order chi connectivity index (χ0) is 13.2. The summed E-state index contributed by atoms with van der Waals surface area (Å²) in [6.45, 7) is 4.31. The lowest BCUT2D eigenvalue weighted by atomic mass is 9.71. The first-order chi connectivity index (χ1) is 8.58. The number of rotatable bonds is 5. The normalized spacial score (nSPS) is 34.4. The van der Waals surface area contributed by atoms with Crippen molar-refractivity contribution in [3.63, 3.8) is 0 Å². The van der Waals surface area contributed by atoms with Crippen molar-refractivity contribution in [2.24, 2.45) is 17.3 Å². The number of hydrogen-bond donors (Lipinski definition) is 0. The zero-order valence-corrected chi connectivity index (χ0v) is 11.3. The molecule has 0 aromatic rings. The van der Waals surface area contributed by atoms with E-state index in [0.29, 0.717) is 24.2 Å². The van der Waals surface area contributed by atoms with E-state index < -0.39 is 0 Å². The van der Waals surface area contributed by atoms with Crippen LogP contribution in [0.4, 0.5) is 0 Å². The fourth-order valence-electron chi connectivity index (χ4n) is 3.55. The molecule has 0 aromatic heterocycles. The Morgan fingerprint density at radius 1 is 1.50 bits per heavy atom. The second-order valence-corrected chi connectivity index (χ2v) is 5.68. The maximum Gasteiger partial charge on any atom is 0.330 e. The first kappa shape index (κ1) is 13.3. The number of carbonyl (C=O) groups is 2. The van der Waals surface area contributed by atoms with Crippen LogP contribution in [0.1, 0.15) is 46.0 Å². The topological polar surface area (TPSA) is 43.4 Å². The maximum absolute atomic E-state index is 12.2. The summed E-state index contributed by atoms with van der Waals surface area (Å²) in [6, 6.07) is 0. The minimum Gasteiger partial charge on any atom is -0.463 e. The molecule has 0 radical (unpaired) electrons. The number of esters is 1. The molecule has 0 aliphatic heterocycles. The fourth-order valence-corrected chi connectivity index (χ4v) is 3.55. The van der Waals surface area contributed by atoms with Crippen molar-refractivity contribution in [3.8, 4) is 0 Å². The number of carbonyl (C=O) groups excluding carboxylic acids is 2. The predicted molar refractivity (Wildman–Crippen MR) is 69.0 cm³/mol. The summed E-state index contributed by atoms with van der Waals surface area (Å²) in [7, 11) is 0. The highest BCUT2D eigenvalue weighted by molar-refractivity contribution is 5.90. The van der Waals surface area contributed by atoms with E-state index in [1.807, 2.05) is 6.08 Å². The molecule has 0 aromatic carbocycles. The molecule has 2 fully saturated rings. The summed E-state index contributed by atoms with van der Waals surface area (Å²) in [5.41, 5.74) is -0.137. The predicted octanol–water partition coefficient (Wildman–Crippen LogP) is 2.89. The molecule has 0 saturated heterocycles. The average Bonchev–Trinajstić information content (AvgIpc) is 2.90. The summed E-state index contributed by atoms with van der Waals surface area (Å²) in [6.07, 6.45) is 8.35. The van der Waals surface area contributed by atoms with Gasteiger partial charge >= 0.3 is 5.97 Å². The van der Waals surface area contributed by atoms with Crippen molar-refractivity contribution in [1.82, 2.24) is 0 Å². The molecule has 0 unspecified atom stereocenters. The molecule has 3 heteroatoms. The Labute approximate surface area is 109 Å². The van der Waals surface area contributed by atoms with Gasteiger partial charge in [-0.2, -0.15) is 0 Å². The van der Waals surface area contributed by atoms with E-state index >= 15 is 0 Å². The van der Waals surface area contributed by atoms with Crippen molar-refractivity contribution < 1.29 is 14.3 Å². The third-order valence-electron chi connectivity index (χ3n) is 4.64. The van der Waals surface area contributed by atoms with Crippen LogP contribution in [0.3, 0.4) is 0 Å². The zero-order valence-electron chi connectivity index (χ0n) is 11.3. The van der Waals surface area contributed by atoms with Gasteiger partial charge in [-0.3, -0.25) is 4.79 Å². The molecule has 0 spiro atoms. The van der Waals surface area contributed by atoms with Crippen LogP contribution in [0.2, 0.25) is 0 Å². The van der Waals surface area contributed by atoms with Crippen molar-refractivity contribution in [2.45, 2.75) is 46.0 Å². The lowest BCUT2D eigenvalue weighted by Gasteiger charge is -2.32. The van der Waals surface area contributed by atoms with Gasteiger partial charge in [0, 0.05) is 17.4 Å². The van der Waals surface area contributed by atoms with E-state index in [9.17, 15) is 9.59 Å². The lowest BCUT2D eigenvalue weighted by molar-refractivity contribution is -0.137. The van der Waals surface area contributed by atoms with Gasteiger partial charge in [-0.1, -0.05) is 13.0 Å². The van der Waals surface area contributed by atoms with Crippen LogP contribution in [0, 0.1) is 17.3 Å². The van der Waals surface area contributed by atoms with E-state index in [0.717, 1.165) is 25.7 Å². The fraction of sp³-hybridized carbons (Fsp3) is 0.733. The van der Waals surface area contributed by atoms with Crippen molar-refractivity contribution >= 4 is 11.8 Å². The third kappa shape index (κ3) is 2.36. The number of ether oxygens (including phenoxy) is 1. The highest BCUT2D eigenvalue weighted by atomic mass is 16.5. The quantitative estimate of drug-likeness (QED) is 0.556. The van der Waals surface area contributed by atoms with Crippen molar-refractivity contribution in [1.29, 1.82) is 0 Å². The van der Waals surface area contributed by atoms with Gasteiger partial charge in [-0.05, 0) is 44.9 Å². The van der Waals surface area contributed by atoms with Gasteiger partial charge in [-0.25, -0.2) is 4.79 Å². The Bertz CT molecular complexity index is 372. The van der Waals surface area contributed by atoms with Gasteiger partial charge in [0.25, 0.3) is 0 Å². The molecule has 3 nitrogen and oxygen atoms in total. The number of fused-ring (bicyclic) bond motifs is 2. The molecular formula is C15H22O3. The van der Waals surface area contributed by atoms with Crippen LogP contribution >= 0.6 is 0 Å². The molecule has 0 N–H and O–H groups in total. The molecule has 100 valence electrons. The number of Topliss-reactive ketones (excluding diaryl/α,β-unsaturated/α-hetero) is 1. The van der Waals surface area contributed by atoms with Crippen molar-refractivity contribution in [2.75, 3.05) is 6.61 Å². The van der Waals surface area contributed by atoms with Gasteiger partial charge in [0.1, 0.15) is 5.78 Å². The largest absolute Gasteiger partial charge is 0.463 e. The number of hydrogen-bond acceptors (Lipinski definition) is 3. The van der Waals surface area contributed by atoms with Crippen LogP contribution in [0.15, 0.2) is 12.2 Å². The average molecular weight is 250 g/mol. The second kappa shape index (κ2) is 5.25. The Kier molecular flexibility index (Phi) is 3.88. The maximum atomic E-state index is 12.2. The summed E-state index contributed by atoms with van der Waals surface area (Å²) in [5, 5.41) is 0. The van der Waals surface area contributed by atoms with Gasteiger partial charge in [0.2, 0.25) is 0 Å². The summed E-state index contributed by atoms with van der Waals surface area (Å²) >= 11 is 0. The Morgan fingerprint density at radius 3 is 2.89 bits per heavy atom.